The third-order valence-corrected chi connectivity index (χ3v) is 9.34. The van der Waals surface area contributed by atoms with E-state index in [2.05, 4.69) is 26.3 Å². The number of carbonyl (C=O) groups excluding carboxylic acids is 1. The van der Waals surface area contributed by atoms with Crippen molar-refractivity contribution in [1.82, 2.24) is 35.6 Å². The normalized spacial score (nSPS) is 44.0. The Balaban J connectivity index is 1.25. The Morgan fingerprint density at radius 3 is 2.84 bits per heavy atom. The van der Waals surface area contributed by atoms with Crippen LogP contribution in [0, 0.1) is 5.92 Å². The molecule has 0 aromatic rings. The Morgan fingerprint density at radius 1 is 1.16 bits per heavy atom. The van der Waals surface area contributed by atoms with Crippen LogP contribution in [0.15, 0.2) is 0 Å². The number of alkyl halides is 1. The van der Waals surface area contributed by atoms with Gasteiger partial charge in [-0.1, -0.05) is 0 Å². The predicted octanol–water partition coefficient (Wildman–Crippen LogP) is -3.46. The van der Waals surface area contributed by atoms with Crippen LogP contribution in [-0.4, -0.2) is 117 Å². The number of rotatable bonds is 3. The van der Waals surface area contributed by atoms with E-state index in [1.807, 2.05) is 0 Å². The molecular weight excluding hydrogens is 427 g/mol. The van der Waals surface area contributed by atoms with Crippen molar-refractivity contribution >= 4 is 15.9 Å². The van der Waals surface area contributed by atoms with Crippen molar-refractivity contribution in [2.45, 2.75) is 49.5 Å². The Kier molecular flexibility index (Phi) is 5.97. The maximum absolute atomic E-state index is 13.7. The van der Waals surface area contributed by atoms with Gasteiger partial charge in [-0.2, -0.15) is 4.31 Å². The number of hydrogen-bond acceptors (Lipinski definition) is 9. The van der Waals surface area contributed by atoms with E-state index < -0.39 is 28.3 Å². The van der Waals surface area contributed by atoms with Crippen LogP contribution in [0.4, 0.5) is 4.39 Å². The summed E-state index contributed by atoms with van der Waals surface area (Å²) in [6, 6.07) is 0.0857. The van der Waals surface area contributed by atoms with E-state index in [-0.39, 0.29) is 49.0 Å². The second kappa shape index (κ2) is 8.45. The summed E-state index contributed by atoms with van der Waals surface area (Å²) in [4.78, 5) is 15.6. The third-order valence-electron chi connectivity index (χ3n) is 7.39. The first-order valence-corrected chi connectivity index (χ1v) is 12.8. The second-order valence-corrected chi connectivity index (χ2v) is 11.4. The summed E-state index contributed by atoms with van der Waals surface area (Å²) in [6.07, 6.45) is -0.351. The van der Waals surface area contributed by atoms with E-state index in [0.717, 1.165) is 13.0 Å². The number of sulfonamides is 1. The second-order valence-electron chi connectivity index (χ2n) is 9.32. The van der Waals surface area contributed by atoms with Crippen molar-refractivity contribution in [2.75, 3.05) is 51.6 Å². The third kappa shape index (κ3) is 4.10. The standard InChI is InChI=1S/C18H33FN8O3S/c19-11-7-22-17-15(16(20)24-26(17)9-11)18(28)23-13-8-21-3-1-14(13)25-4-5-27-12(10-25)2-6-31(27,29)30/h11-17,21-22,24H,1-10,20H2,(H,23,28)/t11?,12-,13?,14?,15?,16?,17?/m0/s1. The van der Waals surface area contributed by atoms with Crippen LogP contribution in [-0.2, 0) is 14.8 Å². The minimum atomic E-state index is -3.10. The smallest absolute Gasteiger partial charge is 0.229 e. The number of fused-ring (bicyclic) bond motifs is 2. The topological polar surface area (TPSA) is 135 Å². The summed E-state index contributed by atoms with van der Waals surface area (Å²) in [5.74, 6) is -0.431. The molecule has 0 aromatic carbocycles. The van der Waals surface area contributed by atoms with Gasteiger partial charge in [0.1, 0.15) is 6.17 Å². The lowest BCUT2D eigenvalue weighted by Gasteiger charge is -2.45. The van der Waals surface area contributed by atoms with E-state index in [9.17, 15) is 17.6 Å². The molecule has 0 aliphatic carbocycles. The van der Waals surface area contributed by atoms with Crippen LogP contribution >= 0.6 is 0 Å². The number of nitrogens with two attached hydrogens (primary N) is 1. The molecule has 1 amide bonds. The molecule has 11 nitrogen and oxygen atoms in total. The van der Waals surface area contributed by atoms with Crippen LogP contribution in [0.2, 0.25) is 0 Å². The summed E-state index contributed by atoms with van der Waals surface area (Å²) < 4.78 is 39.7. The van der Waals surface area contributed by atoms with Crippen LogP contribution in [0.3, 0.4) is 0 Å². The van der Waals surface area contributed by atoms with Gasteiger partial charge >= 0.3 is 0 Å². The molecule has 7 atom stereocenters. The van der Waals surface area contributed by atoms with Gasteiger partial charge in [-0.05, 0) is 19.4 Å². The lowest BCUT2D eigenvalue weighted by Crippen LogP contribution is -2.65. The van der Waals surface area contributed by atoms with E-state index in [0.29, 0.717) is 32.6 Å². The molecule has 0 bridgehead atoms. The molecule has 6 N–H and O–H groups in total. The van der Waals surface area contributed by atoms with Gasteiger partial charge < -0.3 is 16.4 Å². The van der Waals surface area contributed by atoms with Crippen LogP contribution < -0.4 is 27.1 Å². The zero-order valence-corrected chi connectivity index (χ0v) is 18.4. The van der Waals surface area contributed by atoms with Crippen molar-refractivity contribution in [3.8, 4) is 0 Å². The molecule has 13 heteroatoms. The van der Waals surface area contributed by atoms with E-state index in [1.165, 1.54) is 0 Å². The first kappa shape index (κ1) is 21.9. The van der Waals surface area contributed by atoms with Crippen LogP contribution in [0.1, 0.15) is 12.8 Å². The maximum atomic E-state index is 13.7. The summed E-state index contributed by atoms with van der Waals surface area (Å²) in [6.45, 7) is 3.83. The van der Waals surface area contributed by atoms with Crippen LogP contribution in [0.25, 0.3) is 0 Å². The zero-order valence-electron chi connectivity index (χ0n) is 17.5. The Morgan fingerprint density at radius 2 is 2.00 bits per heavy atom. The molecule has 0 saturated carbocycles. The summed E-state index contributed by atoms with van der Waals surface area (Å²) in [5, 5.41) is 11.4. The number of hydrogen-bond donors (Lipinski definition) is 5. The number of halogens is 1. The van der Waals surface area contributed by atoms with Gasteiger partial charge in [-0.15, -0.1) is 0 Å². The van der Waals surface area contributed by atoms with E-state index in [1.54, 1.807) is 9.31 Å². The van der Waals surface area contributed by atoms with Gasteiger partial charge in [0.25, 0.3) is 0 Å². The summed E-state index contributed by atoms with van der Waals surface area (Å²) in [5.41, 5.74) is 9.21. The number of piperidine rings is 1. The molecule has 5 saturated heterocycles. The highest BCUT2D eigenvalue weighted by molar-refractivity contribution is 7.89. The van der Waals surface area contributed by atoms with Crippen molar-refractivity contribution < 1.29 is 17.6 Å². The van der Waals surface area contributed by atoms with Crippen molar-refractivity contribution in [2.24, 2.45) is 11.7 Å². The van der Waals surface area contributed by atoms with E-state index >= 15 is 0 Å². The quantitative estimate of drug-likeness (QED) is 0.291. The first-order valence-electron chi connectivity index (χ1n) is 11.2. The lowest BCUT2D eigenvalue weighted by molar-refractivity contribution is -0.128. The monoisotopic (exact) mass is 460 g/mol. The fraction of sp³-hybridized carbons (Fsp3) is 0.944. The molecule has 5 fully saturated rings. The molecule has 5 aliphatic heterocycles. The van der Waals surface area contributed by atoms with Crippen LogP contribution in [0.5, 0.6) is 0 Å². The van der Waals surface area contributed by atoms with Crippen molar-refractivity contribution in [3.63, 3.8) is 0 Å². The highest BCUT2D eigenvalue weighted by Gasteiger charge is 2.48. The number of piperazine rings is 1. The highest BCUT2D eigenvalue weighted by Crippen LogP contribution is 2.28. The number of hydrazine groups is 1. The SMILES string of the molecule is NC1NN2CC(F)CNC2C1C(=O)NC1CNCCC1N1CCN2[C@@H](CCS2(=O)=O)C1. The number of amides is 1. The fourth-order valence-electron chi connectivity index (χ4n) is 5.85. The Bertz CT molecular complexity index is 803. The molecule has 5 rings (SSSR count). The molecule has 0 aromatic heterocycles. The van der Waals surface area contributed by atoms with Gasteiger partial charge in [0, 0.05) is 51.4 Å². The maximum Gasteiger partial charge on any atom is 0.229 e. The Labute approximate surface area is 182 Å². The first-order chi connectivity index (χ1) is 14.8. The number of carbonyl (C=O) groups is 1. The molecule has 5 heterocycles. The highest BCUT2D eigenvalue weighted by atomic mass is 32.2. The van der Waals surface area contributed by atoms with Gasteiger partial charge in [0.15, 0.2) is 0 Å². The Hall–Kier alpha value is -0.930. The number of nitrogens with zero attached hydrogens (tertiary/aromatic N) is 3. The summed E-state index contributed by atoms with van der Waals surface area (Å²) in [7, 11) is -3.10. The average molecular weight is 461 g/mol. The van der Waals surface area contributed by atoms with Crippen molar-refractivity contribution in [3.05, 3.63) is 0 Å². The molecule has 6 unspecified atom stereocenters. The average Bonchev–Trinajstić information content (AvgIpc) is 3.23. The van der Waals surface area contributed by atoms with Gasteiger partial charge in [-0.3, -0.25) is 15.0 Å². The van der Waals surface area contributed by atoms with Gasteiger partial charge in [-0.25, -0.2) is 23.2 Å². The van der Waals surface area contributed by atoms with Crippen molar-refractivity contribution in [1.29, 1.82) is 0 Å². The fourth-order valence-corrected chi connectivity index (χ4v) is 7.64. The summed E-state index contributed by atoms with van der Waals surface area (Å²) >= 11 is 0. The number of nitrogens with one attached hydrogen (secondary N) is 4. The molecule has 176 valence electrons. The van der Waals surface area contributed by atoms with Gasteiger partial charge in [0.2, 0.25) is 15.9 Å². The molecule has 5 aliphatic rings. The molecule has 0 radical (unpaired) electrons. The molecule has 0 spiro atoms. The minimum absolute atomic E-state index is 0.0334. The van der Waals surface area contributed by atoms with E-state index in [4.69, 9.17) is 5.73 Å². The zero-order chi connectivity index (χ0) is 21.8. The predicted molar refractivity (Wildman–Crippen MR) is 112 cm³/mol. The molecular formula is C18H33FN8O3S. The van der Waals surface area contributed by atoms with Gasteiger partial charge in [0.05, 0.1) is 30.0 Å². The minimum Gasteiger partial charge on any atom is -0.350 e. The molecule has 31 heavy (non-hydrogen) atoms. The largest absolute Gasteiger partial charge is 0.350 e. The lowest BCUT2D eigenvalue weighted by atomic mass is 9.95.